The molecule has 1 aromatic rings. The first-order valence-electron chi connectivity index (χ1n) is 7.37. The summed E-state index contributed by atoms with van der Waals surface area (Å²) in [6.45, 7) is 2.48. The van der Waals surface area contributed by atoms with Gasteiger partial charge in [-0.3, -0.25) is 9.69 Å². The number of carbonyl (C=O) groups is 1. The highest BCUT2D eigenvalue weighted by Gasteiger charge is 2.19. The summed E-state index contributed by atoms with van der Waals surface area (Å²) in [7, 11) is 3.43. The molecule has 0 aromatic heterocycles. The molecule has 1 unspecified atom stereocenters. The quantitative estimate of drug-likeness (QED) is 0.883. The van der Waals surface area contributed by atoms with Crippen molar-refractivity contribution in [1.82, 2.24) is 9.80 Å². The zero-order valence-electron chi connectivity index (χ0n) is 12.8. The Balaban J connectivity index is 1.97. The molecule has 1 N–H and O–H groups in total. The minimum Gasteiger partial charge on any atom is -0.483 e. The van der Waals surface area contributed by atoms with Crippen molar-refractivity contribution < 1.29 is 14.6 Å². The molecular formula is C16H24N2O3. The van der Waals surface area contributed by atoms with Gasteiger partial charge in [-0.15, -0.1) is 0 Å². The average Bonchev–Trinajstić information content (AvgIpc) is 2.46. The number of benzene rings is 1. The van der Waals surface area contributed by atoms with Crippen molar-refractivity contribution in [2.75, 3.05) is 33.8 Å². The van der Waals surface area contributed by atoms with Crippen LogP contribution in [0.4, 0.5) is 0 Å². The van der Waals surface area contributed by atoms with Crippen LogP contribution in [0.2, 0.25) is 0 Å². The van der Waals surface area contributed by atoms with Gasteiger partial charge in [-0.05, 0) is 25.5 Å². The standard InChI is InChI=1S/C16H24N2O3/c1-17(2)16(20)12-21-15-8-4-3-6-13(15)10-18-9-5-7-14(19)11-18/h3-4,6,8,14,19H,5,7,9-12H2,1-2H3. The number of likely N-dealkylation sites (N-methyl/N-ethyl adjacent to an activating group) is 1. The average molecular weight is 292 g/mol. The zero-order chi connectivity index (χ0) is 15.2. The van der Waals surface area contributed by atoms with Crippen molar-refractivity contribution >= 4 is 5.91 Å². The number of nitrogens with zero attached hydrogens (tertiary/aromatic N) is 2. The summed E-state index contributed by atoms with van der Waals surface area (Å²) < 4.78 is 5.65. The predicted molar refractivity (Wildman–Crippen MR) is 81.1 cm³/mol. The van der Waals surface area contributed by atoms with Gasteiger partial charge in [0.2, 0.25) is 0 Å². The second-order valence-corrected chi connectivity index (χ2v) is 5.72. The van der Waals surface area contributed by atoms with E-state index in [0.29, 0.717) is 6.54 Å². The van der Waals surface area contributed by atoms with Crippen molar-refractivity contribution in [3.05, 3.63) is 29.8 Å². The molecule has 5 heteroatoms. The van der Waals surface area contributed by atoms with Gasteiger partial charge in [0.1, 0.15) is 5.75 Å². The summed E-state index contributed by atoms with van der Waals surface area (Å²) in [5.74, 6) is 0.686. The topological polar surface area (TPSA) is 53.0 Å². The third-order valence-corrected chi connectivity index (χ3v) is 3.70. The molecule has 1 fully saturated rings. The summed E-state index contributed by atoms with van der Waals surface area (Å²) in [5, 5.41) is 9.74. The van der Waals surface area contributed by atoms with Crippen LogP contribution in [0.3, 0.4) is 0 Å². The number of carbonyl (C=O) groups excluding carboxylic acids is 1. The van der Waals surface area contributed by atoms with Crippen molar-refractivity contribution in [3.8, 4) is 5.75 Å². The molecule has 0 bridgehead atoms. The molecule has 1 heterocycles. The number of hydrogen-bond donors (Lipinski definition) is 1. The van der Waals surface area contributed by atoms with Crippen LogP contribution in [0.5, 0.6) is 5.75 Å². The molecule has 1 aliphatic heterocycles. The number of amides is 1. The van der Waals surface area contributed by atoms with E-state index in [-0.39, 0.29) is 18.6 Å². The van der Waals surface area contributed by atoms with Gasteiger partial charge in [0.05, 0.1) is 6.10 Å². The Kier molecular flexibility index (Phi) is 5.59. The Morgan fingerprint density at radius 3 is 2.90 bits per heavy atom. The first-order valence-corrected chi connectivity index (χ1v) is 7.37. The maximum Gasteiger partial charge on any atom is 0.259 e. The lowest BCUT2D eigenvalue weighted by Crippen LogP contribution is -2.37. The van der Waals surface area contributed by atoms with Gasteiger partial charge in [0.15, 0.2) is 6.61 Å². The molecule has 1 amide bonds. The lowest BCUT2D eigenvalue weighted by atomic mass is 10.1. The van der Waals surface area contributed by atoms with Gasteiger partial charge in [-0.2, -0.15) is 0 Å². The molecule has 1 saturated heterocycles. The summed E-state index contributed by atoms with van der Waals surface area (Å²) in [6, 6.07) is 7.77. The number of β-amino-alcohol motifs (C(OH)–C–C–N with tert-alkyl or cyclic N) is 1. The van der Waals surface area contributed by atoms with Gasteiger partial charge < -0.3 is 14.7 Å². The van der Waals surface area contributed by atoms with E-state index < -0.39 is 0 Å². The van der Waals surface area contributed by atoms with E-state index in [4.69, 9.17) is 4.74 Å². The first kappa shape index (κ1) is 15.8. The van der Waals surface area contributed by atoms with Crippen LogP contribution in [-0.4, -0.2) is 60.7 Å². The Bertz CT molecular complexity index is 476. The fourth-order valence-electron chi connectivity index (χ4n) is 2.46. The van der Waals surface area contributed by atoms with Crippen molar-refractivity contribution in [3.63, 3.8) is 0 Å². The van der Waals surface area contributed by atoms with Crippen LogP contribution in [0, 0.1) is 0 Å². The summed E-state index contributed by atoms with van der Waals surface area (Å²) in [4.78, 5) is 15.4. The van der Waals surface area contributed by atoms with Gasteiger partial charge in [-0.1, -0.05) is 18.2 Å². The molecule has 0 saturated carbocycles. The van der Waals surface area contributed by atoms with Gasteiger partial charge in [0.25, 0.3) is 5.91 Å². The Hall–Kier alpha value is -1.59. The summed E-state index contributed by atoms with van der Waals surface area (Å²) in [5.41, 5.74) is 1.05. The van der Waals surface area contributed by atoms with E-state index in [1.165, 1.54) is 4.90 Å². The number of rotatable bonds is 5. The number of aliphatic hydroxyl groups is 1. The highest BCUT2D eigenvalue weighted by atomic mass is 16.5. The SMILES string of the molecule is CN(C)C(=O)COc1ccccc1CN1CCCC(O)C1. The number of likely N-dealkylation sites (tertiary alicyclic amines) is 1. The third kappa shape index (κ3) is 4.72. The van der Waals surface area contributed by atoms with Crippen LogP contribution in [0.1, 0.15) is 18.4 Å². The number of hydrogen-bond acceptors (Lipinski definition) is 4. The maximum absolute atomic E-state index is 11.6. The summed E-state index contributed by atoms with van der Waals surface area (Å²) >= 11 is 0. The smallest absolute Gasteiger partial charge is 0.259 e. The van der Waals surface area contributed by atoms with Crippen molar-refractivity contribution in [2.24, 2.45) is 0 Å². The van der Waals surface area contributed by atoms with E-state index >= 15 is 0 Å². The van der Waals surface area contributed by atoms with Crippen LogP contribution >= 0.6 is 0 Å². The van der Waals surface area contributed by atoms with Gasteiger partial charge in [0, 0.05) is 32.7 Å². The Labute approximate surface area is 126 Å². The van der Waals surface area contributed by atoms with Crippen LogP contribution in [0.15, 0.2) is 24.3 Å². The number of para-hydroxylation sites is 1. The molecule has 1 atom stereocenters. The van der Waals surface area contributed by atoms with Gasteiger partial charge >= 0.3 is 0 Å². The lowest BCUT2D eigenvalue weighted by Gasteiger charge is -2.30. The van der Waals surface area contributed by atoms with E-state index in [1.54, 1.807) is 14.1 Å². The highest BCUT2D eigenvalue weighted by molar-refractivity contribution is 5.77. The molecule has 1 aromatic carbocycles. The van der Waals surface area contributed by atoms with Crippen molar-refractivity contribution in [1.29, 1.82) is 0 Å². The van der Waals surface area contributed by atoms with E-state index in [2.05, 4.69) is 4.90 Å². The Morgan fingerprint density at radius 2 is 2.19 bits per heavy atom. The fraction of sp³-hybridized carbons (Fsp3) is 0.562. The molecule has 0 spiro atoms. The van der Waals surface area contributed by atoms with Gasteiger partial charge in [-0.25, -0.2) is 0 Å². The molecular weight excluding hydrogens is 268 g/mol. The molecule has 116 valence electrons. The monoisotopic (exact) mass is 292 g/mol. The fourth-order valence-corrected chi connectivity index (χ4v) is 2.46. The number of aliphatic hydroxyl groups excluding tert-OH is 1. The van der Waals surface area contributed by atoms with Crippen LogP contribution in [-0.2, 0) is 11.3 Å². The number of ether oxygens (including phenoxy) is 1. The minimum absolute atomic E-state index is 0.0483. The highest BCUT2D eigenvalue weighted by Crippen LogP contribution is 2.22. The largest absolute Gasteiger partial charge is 0.483 e. The molecule has 0 aliphatic carbocycles. The molecule has 2 rings (SSSR count). The van der Waals surface area contributed by atoms with E-state index in [0.717, 1.165) is 37.2 Å². The maximum atomic E-state index is 11.6. The van der Waals surface area contributed by atoms with Crippen LogP contribution in [0.25, 0.3) is 0 Å². The van der Waals surface area contributed by atoms with Crippen molar-refractivity contribution in [2.45, 2.75) is 25.5 Å². The minimum atomic E-state index is -0.234. The molecule has 5 nitrogen and oxygen atoms in total. The molecule has 21 heavy (non-hydrogen) atoms. The Morgan fingerprint density at radius 1 is 1.43 bits per heavy atom. The lowest BCUT2D eigenvalue weighted by molar-refractivity contribution is -0.130. The normalized spacial score (nSPS) is 19.3. The first-order chi connectivity index (χ1) is 10.1. The zero-order valence-corrected chi connectivity index (χ0v) is 12.8. The number of piperidine rings is 1. The summed E-state index contributed by atoms with van der Waals surface area (Å²) in [6.07, 6.45) is 1.66. The van der Waals surface area contributed by atoms with E-state index in [9.17, 15) is 9.90 Å². The second-order valence-electron chi connectivity index (χ2n) is 5.72. The van der Waals surface area contributed by atoms with E-state index in [1.807, 2.05) is 24.3 Å². The van der Waals surface area contributed by atoms with Crippen LogP contribution < -0.4 is 4.74 Å². The predicted octanol–water partition coefficient (Wildman–Crippen LogP) is 1.11. The second kappa shape index (κ2) is 7.43. The third-order valence-electron chi connectivity index (χ3n) is 3.70. The molecule has 0 radical (unpaired) electrons. The molecule has 1 aliphatic rings.